The Kier molecular flexibility index (Phi) is 11.5. The fourth-order valence-corrected chi connectivity index (χ4v) is 2.62. The molecule has 0 aromatic rings. The van der Waals surface area contributed by atoms with Gasteiger partial charge in [0.05, 0.1) is 18.3 Å². The Balaban J connectivity index is 0.000000423. The number of hydrogen-bond donors (Lipinski definition) is 2. The maximum atomic E-state index is 9.78. The third-order valence-corrected chi connectivity index (χ3v) is 3.93. The molecule has 1 fully saturated rings. The van der Waals surface area contributed by atoms with Gasteiger partial charge < -0.3 is 14.9 Å². The predicted octanol–water partition coefficient (Wildman–Crippen LogP) is 4.63. The minimum absolute atomic E-state index is 0.167. The highest BCUT2D eigenvalue weighted by atomic mass is 16.5. The molecule has 0 aromatic carbocycles. The van der Waals surface area contributed by atoms with Crippen molar-refractivity contribution in [3.05, 3.63) is 23.3 Å². The second-order valence-corrected chi connectivity index (χ2v) is 7.63. The van der Waals surface area contributed by atoms with Crippen molar-refractivity contribution in [3.8, 4) is 0 Å². The molecule has 3 nitrogen and oxygen atoms in total. The Morgan fingerprint density at radius 1 is 1.26 bits per heavy atom. The summed E-state index contributed by atoms with van der Waals surface area (Å²) < 4.78 is 5.56. The minimum Gasteiger partial charge on any atom is -0.392 e. The molecule has 2 atom stereocenters. The summed E-state index contributed by atoms with van der Waals surface area (Å²) in [5.74, 6) is 0.656. The van der Waals surface area contributed by atoms with Crippen molar-refractivity contribution >= 4 is 0 Å². The van der Waals surface area contributed by atoms with Crippen molar-refractivity contribution in [2.45, 2.75) is 85.4 Å². The summed E-state index contributed by atoms with van der Waals surface area (Å²) in [4.78, 5) is 0. The molecule has 0 aromatic heterocycles. The average molecular weight is 327 g/mol. The molecule has 3 heteroatoms. The van der Waals surface area contributed by atoms with Crippen molar-refractivity contribution in [1.29, 1.82) is 0 Å². The number of hydrogen-bond acceptors (Lipinski definition) is 3. The molecule has 0 spiro atoms. The lowest BCUT2D eigenvalue weighted by atomic mass is 9.89. The van der Waals surface area contributed by atoms with Crippen LogP contribution in [0.15, 0.2) is 23.3 Å². The van der Waals surface area contributed by atoms with Gasteiger partial charge in [-0.2, -0.15) is 0 Å². The molecule has 0 radical (unpaired) electrons. The summed E-state index contributed by atoms with van der Waals surface area (Å²) in [5, 5.41) is 18.3. The zero-order valence-electron chi connectivity index (χ0n) is 16.1. The van der Waals surface area contributed by atoms with Crippen molar-refractivity contribution in [2.75, 3.05) is 13.2 Å². The van der Waals surface area contributed by atoms with E-state index in [0.29, 0.717) is 12.5 Å². The molecular formula is C20H38O3. The van der Waals surface area contributed by atoms with Gasteiger partial charge in [-0.15, -0.1) is 0 Å². The zero-order valence-corrected chi connectivity index (χ0v) is 16.1. The van der Waals surface area contributed by atoms with E-state index in [0.717, 1.165) is 32.1 Å². The standard InChI is InChI=1S/C10H20O2.C10H18O/c1-8(2)6-9-7-10(3,11)4-5-12-9;1-9(2)5-4-6-10(3)7-8-11/h8-9,11H,4-7H2,1-3H3;5,7,11H,4,6,8H2,1-3H3/b;10-7+. The largest absolute Gasteiger partial charge is 0.392 e. The van der Waals surface area contributed by atoms with Crippen LogP contribution in [0, 0.1) is 5.92 Å². The van der Waals surface area contributed by atoms with E-state index in [1.807, 2.05) is 13.0 Å². The van der Waals surface area contributed by atoms with Crippen LogP contribution in [-0.2, 0) is 4.74 Å². The predicted molar refractivity (Wildman–Crippen MR) is 98.6 cm³/mol. The van der Waals surface area contributed by atoms with Crippen molar-refractivity contribution in [2.24, 2.45) is 5.92 Å². The van der Waals surface area contributed by atoms with Gasteiger partial charge in [-0.1, -0.05) is 37.1 Å². The van der Waals surface area contributed by atoms with Crippen LogP contribution in [0.25, 0.3) is 0 Å². The van der Waals surface area contributed by atoms with E-state index in [4.69, 9.17) is 9.84 Å². The Bertz CT molecular complexity index is 363. The molecule has 0 bridgehead atoms. The maximum Gasteiger partial charge on any atom is 0.0666 e. The first kappa shape index (κ1) is 22.4. The molecule has 1 rings (SSSR count). The van der Waals surface area contributed by atoms with Crippen LogP contribution in [0.1, 0.15) is 73.6 Å². The monoisotopic (exact) mass is 326 g/mol. The Hall–Kier alpha value is -0.640. The topological polar surface area (TPSA) is 49.7 Å². The number of rotatable bonds is 6. The van der Waals surface area contributed by atoms with Gasteiger partial charge in [-0.05, 0) is 59.3 Å². The molecule has 136 valence electrons. The van der Waals surface area contributed by atoms with Crippen LogP contribution in [0.4, 0.5) is 0 Å². The van der Waals surface area contributed by atoms with Gasteiger partial charge in [-0.3, -0.25) is 0 Å². The number of ether oxygens (including phenoxy) is 1. The molecule has 2 N–H and O–H groups in total. The second kappa shape index (κ2) is 11.8. The fourth-order valence-electron chi connectivity index (χ4n) is 2.62. The molecular weight excluding hydrogens is 288 g/mol. The van der Waals surface area contributed by atoms with Crippen LogP contribution in [0.2, 0.25) is 0 Å². The summed E-state index contributed by atoms with van der Waals surface area (Å²) in [7, 11) is 0. The van der Waals surface area contributed by atoms with E-state index in [2.05, 4.69) is 40.7 Å². The van der Waals surface area contributed by atoms with Gasteiger partial charge in [-0.25, -0.2) is 0 Å². The number of allylic oxidation sites excluding steroid dienone is 3. The lowest BCUT2D eigenvalue weighted by Gasteiger charge is -2.34. The first-order chi connectivity index (χ1) is 10.7. The van der Waals surface area contributed by atoms with Gasteiger partial charge in [0.2, 0.25) is 0 Å². The van der Waals surface area contributed by atoms with E-state index < -0.39 is 5.60 Å². The summed E-state index contributed by atoms with van der Waals surface area (Å²) in [6.45, 7) is 13.4. The Morgan fingerprint density at radius 3 is 2.39 bits per heavy atom. The fraction of sp³-hybridized carbons (Fsp3) is 0.800. The lowest BCUT2D eigenvalue weighted by molar-refractivity contribution is -0.0985. The Labute approximate surface area is 143 Å². The SMILES string of the molecule is CC(C)=CCC/C(C)=C/CO.CC(C)CC1CC(C)(O)CCO1. The lowest BCUT2D eigenvalue weighted by Crippen LogP contribution is -2.38. The van der Waals surface area contributed by atoms with Gasteiger partial charge in [0, 0.05) is 13.0 Å². The molecule has 2 unspecified atom stereocenters. The van der Waals surface area contributed by atoms with E-state index in [9.17, 15) is 5.11 Å². The summed E-state index contributed by atoms with van der Waals surface area (Å²) in [6.07, 6.45) is 9.14. The van der Waals surface area contributed by atoms with Gasteiger partial charge in [0.15, 0.2) is 0 Å². The van der Waals surface area contributed by atoms with Crippen LogP contribution >= 0.6 is 0 Å². The highest BCUT2D eigenvalue weighted by molar-refractivity contribution is 5.01. The van der Waals surface area contributed by atoms with E-state index in [-0.39, 0.29) is 12.7 Å². The first-order valence-corrected chi connectivity index (χ1v) is 8.90. The molecule has 0 aliphatic carbocycles. The van der Waals surface area contributed by atoms with E-state index in [1.165, 1.54) is 11.1 Å². The van der Waals surface area contributed by atoms with Gasteiger partial charge >= 0.3 is 0 Å². The minimum atomic E-state index is -0.488. The molecule has 23 heavy (non-hydrogen) atoms. The second-order valence-electron chi connectivity index (χ2n) is 7.63. The summed E-state index contributed by atoms with van der Waals surface area (Å²) in [6, 6.07) is 0. The summed E-state index contributed by atoms with van der Waals surface area (Å²) in [5.41, 5.74) is 2.14. The molecule has 0 amide bonds. The molecule has 1 saturated heterocycles. The Morgan fingerprint density at radius 2 is 1.91 bits per heavy atom. The highest BCUT2D eigenvalue weighted by Crippen LogP contribution is 2.27. The summed E-state index contributed by atoms with van der Waals surface area (Å²) >= 11 is 0. The smallest absolute Gasteiger partial charge is 0.0666 e. The maximum absolute atomic E-state index is 9.78. The van der Waals surface area contributed by atoms with E-state index >= 15 is 0 Å². The number of aliphatic hydroxyl groups excluding tert-OH is 1. The molecule has 1 aliphatic heterocycles. The third kappa shape index (κ3) is 13.5. The molecule has 0 saturated carbocycles. The van der Waals surface area contributed by atoms with Crippen LogP contribution in [-0.4, -0.2) is 35.1 Å². The zero-order chi connectivity index (χ0) is 17.9. The van der Waals surface area contributed by atoms with Crippen LogP contribution in [0.5, 0.6) is 0 Å². The first-order valence-electron chi connectivity index (χ1n) is 8.90. The van der Waals surface area contributed by atoms with Crippen molar-refractivity contribution < 1.29 is 14.9 Å². The van der Waals surface area contributed by atoms with Crippen molar-refractivity contribution in [1.82, 2.24) is 0 Å². The van der Waals surface area contributed by atoms with E-state index in [1.54, 1.807) is 0 Å². The molecule has 1 heterocycles. The van der Waals surface area contributed by atoms with Crippen LogP contribution < -0.4 is 0 Å². The highest BCUT2D eigenvalue weighted by Gasteiger charge is 2.30. The van der Waals surface area contributed by atoms with Gasteiger partial charge in [0.1, 0.15) is 0 Å². The van der Waals surface area contributed by atoms with Gasteiger partial charge in [0.25, 0.3) is 0 Å². The van der Waals surface area contributed by atoms with Crippen molar-refractivity contribution in [3.63, 3.8) is 0 Å². The third-order valence-electron chi connectivity index (χ3n) is 3.93. The van der Waals surface area contributed by atoms with Crippen LogP contribution in [0.3, 0.4) is 0 Å². The average Bonchev–Trinajstić information content (AvgIpc) is 2.37. The number of aliphatic hydroxyl groups is 2. The quantitative estimate of drug-likeness (QED) is 0.699. The molecule has 1 aliphatic rings. The normalized spacial score (nSPS) is 24.9.